The Kier molecular flexibility index (Phi) is 5.11. The van der Waals surface area contributed by atoms with Crippen LogP contribution in [0.25, 0.3) is 0 Å². The highest BCUT2D eigenvalue weighted by molar-refractivity contribution is 4.90. The molecule has 1 fully saturated rings. The Morgan fingerprint density at radius 2 is 2.43 bits per heavy atom. The number of hydrogen-bond donors (Lipinski definition) is 2. The average molecular weight is 200 g/mol. The van der Waals surface area contributed by atoms with Gasteiger partial charge in [-0.1, -0.05) is 5.57 Å². The molecule has 0 spiro atoms. The summed E-state index contributed by atoms with van der Waals surface area (Å²) in [5, 5.41) is 0. The van der Waals surface area contributed by atoms with E-state index in [0.717, 1.165) is 12.8 Å². The molecular weight excluding hydrogens is 180 g/mol. The molecule has 2 unspecified atom stereocenters. The van der Waals surface area contributed by atoms with Crippen molar-refractivity contribution < 1.29 is 9.47 Å². The molecule has 0 aromatic carbocycles. The van der Waals surface area contributed by atoms with Crippen molar-refractivity contribution >= 4 is 0 Å². The van der Waals surface area contributed by atoms with Crippen LogP contribution in [0.3, 0.4) is 0 Å². The second-order valence-electron chi connectivity index (χ2n) is 3.75. The van der Waals surface area contributed by atoms with Gasteiger partial charge in [0, 0.05) is 6.04 Å². The van der Waals surface area contributed by atoms with Crippen molar-refractivity contribution in [1.29, 1.82) is 0 Å². The van der Waals surface area contributed by atoms with Gasteiger partial charge in [0.25, 0.3) is 0 Å². The van der Waals surface area contributed by atoms with Crippen LogP contribution in [0, 0.1) is 0 Å². The van der Waals surface area contributed by atoms with Crippen LogP contribution in [0.4, 0.5) is 0 Å². The molecule has 82 valence electrons. The molecule has 0 radical (unpaired) electrons. The van der Waals surface area contributed by atoms with Crippen molar-refractivity contribution in [3.8, 4) is 0 Å². The quantitative estimate of drug-likeness (QED) is 0.387. The zero-order valence-corrected chi connectivity index (χ0v) is 8.79. The van der Waals surface area contributed by atoms with Crippen molar-refractivity contribution in [3.05, 3.63) is 12.2 Å². The van der Waals surface area contributed by atoms with Gasteiger partial charge in [-0.15, -0.1) is 6.58 Å². The van der Waals surface area contributed by atoms with Crippen molar-refractivity contribution in [2.75, 3.05) is 19.8 Å². The third-order valence-electron chi connectivity index (χ3n) is 2.39. The molecule has 1 aliphatic heterocycles. The maximum atomic E-state index is 5.57. The van der Waals surface area contributed by atoms with E-state index in [9.17, 15) is 0 Å². The Hall–Kier alpha value is -0.420. The van der Waals surface area contributed by atoms with E-state index in [1.54, 1.807) is 0 Å². The zero-order chi connectivity index (χ0) is 10.4. The molecule has 0 amide bonds. The number of allylic oxidation sites excluding steroid dienone is 1. The first-order valence-corrected chi connectivity index (χ1v) is 5.04. The van der Waals surface area contributed by atoms with Crippen LogP contribution >= 0.6 is 0 Å². The lowest BCUT2D eigenvalue weighted by Gasteiger charge is -2.30. The molecule has 4 nitrogen and oxygen atoms in total. The summed E-state index contributed by atoms with van der Waals surface area (Å²) in [5.74, 6) is 5.47. The topological polar surface area (TPSA) is 56.5 Å². The van der Waals surface area contributed by atoms with Crippen molar-refractivity contribution in [2.45, 2.75) is 31.9 Å². The first-order chi connectivity index (χ1) is 6.74. The van der Waals surface area contributed by atoms with Gasteiger partial charge >= 0.3 is 0 Å². The lowest BCUT2D eigenvalue weighted by atomic mass is 10.0. The molecule has 4 heteroatoms. The van der Waals surface area contributed by atoms with Crippen molar-refractivity contribution in [3.63, 3.8) is 0 Å². The summed E-state index contributed by atoms with van der Waals surface area (Å²) >= 11 is 0. The van der Waals surface area contributed by atoms with Gasteiger partial charge in [0.2, 0.25) is 0 Å². The summed E-state index contributed by atoms with van der Waals surface area (Å²) in [7, 11) is 0. The highest BCUT2D eigenvalue weighted by Crippen LogP contribution is 2.12. The predicted molar refractivity (Wildman–Crippen MR) is 55.7 cm³/mol. The lowest BCUT2D eigenvalue weighted by Crippen LogP contribution is -2.49. The zero-order valence-electron chi connectivity index (χ0n) is 8.79. The van der Waals surface area contributed by atoms with Crippen LogP contribution in [0.1, 0.15) is 19.8 Å². The summed E-state index contributed by atoms with van der Waals surface area (Å²) in [6, 6.07) is 0.159. The molecule has 0 aromatic heterocycles. The Morgan fingerprint density at radius 1 is 1.64 bits per heavy atom. The summed E-state index contributed by atoms with van der Waals surface area (Å²) in [4.78, 5) is 0. The highest BCUT2D eigenvalue weighted by atomic mass is 16.6. The SMILES string of the molecule is C=C(C)CCC(NN)C1COCCO1. The van der Waals surface area contributed by atoms with E-state index in [0.29, 0.717) is 19.8 Å². The van der Waals surface area contributed by atoms with Gasteiger partial charge in [-0.2, -0.15) is 0 Å². The molecule has 0 bridgehead atoms. The number of nitrogens with one attached hydrogen (secondary N) is 1. The van der Waals surface area contributed by atoms with Gasteiger partial charge in [0.15, 0.2) is 0 Å². The minimum atomic E-state index is 0.0769. The fourth-order valence-electron chi connectivity index (χ4n) is 1.52. The largest absolute Gasteiger partial charge is 0.376 e. The van der Waals surface area contributed by atoms with Gasteiger partial charge in [-0.05, 0) is 19.8 Å². The highest BCUT2D eigenvalue weighted by Gasteiger charge is 2.23. The maximum absolute atomic E-state index is 5.57. The molecule has 0 aromatic rings. The first kappa shape index (κ1) is 11.7. The number of ether oxygens (including phenoxy) is 2. The Balaban J connectivity index is 2.31. The number of nitrogens with two attached hydrogens (primary N) is 1. The fraction of sp³-hybridized carbons (Fsp3) is 0.800. The second kappa shape index (κ2) is 6.14. The Labute approximate surface area is 85.4 Å². The number of hydrazine groups is 1. The van der Waals surface area contributed by atoms with E-state index >= 15 is 0 Å². The van der Waals surface area contributed by atoms with Crippen LogP contribution in [0.15, 0.2) is 12.2 Å². The number of rotatable bonds is 5. The molecule has 2 atom stereocenters. The second-order valence-corrected chi connectivity index (χ2v) is 3.75. The molecule has 3 N–H and O–H groups in total. The molecule has 1 saturated heterocycles. The molecule has 14 heavy (non-hydrogen) atoms. The first-order valence-electron chi connectivity index (χ1n) is 5.04. The third-order valence-corrected chi connectivity index (χ3v) is 2.39. The normalized spacial score (nSPS) is 24.6. The number of hydrogen-bond acceptors (Lipinski definition) is 4. The van der Waals surface area contributed by atoms with Gasteiger partial charge in [0.1, 0.15) is 0 Å². The standard InChI is InChI=1S/C10H20N2O2/c1-8(2)3-4-9(12-11)10-7-13-5-6-14-10/h9-10,12H,1,3-7,11H2,2H3. The molecular formula is C10H20N2O2. The molecule has 1 heterocycles. The van der Waals surface area contributed by atoms with E-state index in [-0.39, 0.29) is 12.1 Å². The van der Waals surface area contributed by atoms with E-state index in [1.165, 1.54) is 5.57 Å². The van der Waals surface area contributed by atoms with Crippen LogP contribution in [0.5, 0.6) is 0 Å². The van der Waals surface area contributed by atoms with E-state index in [2.05, 4.69) is 12.0 Å². The van der Waals surface area contributed by atoms with Crippen LogP contribution in [-0.2, 0) is 9.47 Å². The van der Waals surface area contributed by atoms with Crippen LogP contribution in [-0.4, -0.2) is 32.0 Å². The summed E-state index contributed by atoms with van der Waals surface area (Å²) in [6.45, 7) is 7.87. The van der Waals surface area contributed by atoms with Crippen molar-refractivity contribution in [2.24, 2.45) is 5.84 Å². The predicted octanol–water partition coefficient (Wildman–Crippen LogP) is 0.590. The van der Waals surface area contributed by atoms with Crippen LogP contribution in [0.2, 0.25) is 0 Å². The smallest absolute Gasteiger partial charge is 0.0975 e. The van der Waals surface area contributed by atoms with Gasteiger partial charge in [-0.25, -0.2) is 0 Å². The third kappa shape index (κ3) is 3.75. The maximum Gasteiger partial charge on any atom is 0.0975 e. The molecule has 0 saturated carbocycles. The van der Waals surface area contributed by atoms with E-state index in [1.807, 2.05) is 6.92 Å². The lowest BCUT2D eigenvalue weighted by molar-refractivity contribution is -0.102. The Bertz CT molecular complexity index is 179. The minimum absolute atomic E-state index is 0.0769. The monoisotopic (exact) mass is 200 g/mol. The minimum Gasteiger partial charge on any atom is -0.376 e. The summed E-state index contributed by atoms with van der Waals surface area (Å²) in [5.41, 5.74) is 3.95. The van der Waals surface area contributed by atoms with E-state index < -0.39 is 0 Å². The Morgan fingerprint density at radius 3 is 2.93 bits per heavy atom. The summed E-state index contributed by atoms with van der Waals surface area (Å²) < 4.78 is 10.9. The van der Waals surface area contributed by atoms with Gasteiger partial charge < -0.3 is 9.47 Å². The van der Waals surface area contributed by atoms with Crippen molar-refractivity contribution in [1.82, 2.24) is 5.43 Å². The summed E-state index contributed by atoms with van der Waals surface area (Å²) in [6.07, 6.45) is 1.99. The molecule has 1 aliphatic rings. The fourth-order valence-corrected chi connectivity index (χ4v) is 1.52. The van der Waals surface area contributed by atoms with Gasteiger partial charge in [0.05, 0.1) is 25.9 Å². The van der Waals surface area contributed by atoms with Crippen LogP contribution < -0.4 is 11.3 Å². The molecule has 0 aliphatic carbocycles. The molecule has 1 rings (SSSR count). The van der Waals surface area contributed by atoms with Gasteiger partial charge in [-0.3, -0.25) is 11.3 Å². The average Bonchev–Trinajstić information content (AvgIpc) is 2.20. The van der Waals surface area contributed by atoms with E-state index in [4.69, 9.17) is 15.3 Å².